The van der Waals surface area contributed by atoms with Crippen molar-refractivity contribution in [3.8, 4) is 0 Å². The van der Waals surface area contributed by atoms with Crippen LogP contribution in [0.4, 0.5) is 19.0 Å². The first-order chi connectivity index (χ1) is 8.86. The molecule has 2 heterocycles. The Hall–Kier alpha value is -1.79. The maximum Gasteiger partial charge on any atom is 0.416 e. The Bertz CT molecular complexity index is 476. The molecule has 0 radical (unpaired) electrons. The third kappa shape index (κ3) is 3.36. The Balaban J connectivity index is 2.09. The van der Waals surface area contributed by atoms with Crippen LogP contribution >= 0.6 is 0 Å². The lowest BCUT2D eigenvalue weighted by molar-refractivity contribution is -0.138. The van der Waals surface area contributed by atoms with Crippen molar-refractivity contribution in [1.29, 1.82) is 0 Å². The van der Waals surface area contributed by atoms with Gasteiger partial charge in [0.05, 0.1) is 5.56 Å². The number of carbonyl (C=O) groups is 1. The fraction of sp³-hybridized carbons (Fsp3) is 0.500. The van der Waals surface area contributed by atoms with Gasteiger partial charge in [-0.3, -0.25) is 4.79 Å². The van der Waals surface area contributed by atoms with Gasteiger partial charge in [0.1, 0.15) is 5.82 Å². The highest BCUT2D eigenvalue weighted by atomic mass is 19.4. The number of anilines is 1. The predicted molar refractivity (Wildman–Crippen MR) is 61.8 cm³/mol. The number of alkyl halides is 3. The van der Waals surface area contributed by atoms with Crippen LogP contribution in [0.25, 0.3) is 0 Å². The van der Waals surface area contributed by atoms with Crippen molar-refractivity contribution in [2.24, 2.45) is 5.92 Å². The standard InChI is InChI=1S/C12H13F3N2O2/c13-12(14,15)9-1-3-16-10(6-9)17-4-2-8(7-17)5-11(18)19/h1,3,6,8H,2,4-5,7H2,(H,18,19). The Labute approximate surface area is 107 Å². The highest BCUT2D eigenvalue weighted by Crippen LogP contribution is 2.32. The lowest BCUT2D eigenvalue weighted by atomic mass is 10.1. The van der Waals surface area contributed by atoms with Gasteiger partial charge in [-0.2, -0.15) is 13.2 Å². The molecule has 0 aliphatic carbocycles. The minimum Gasteiger partial charge on any atom is -0.481 e. The van der Waals surface area contributed by atoms with E-state index in [1.807, 2.05) is 0 Å². The van der Waals surface area contributed by atoms with Gasteiger partial charge >= 0.3 is 12.1 Å². The van der Waals surface area contributed by atoms with Gasteiger partial charge in [0.15, 0.2) is 0 Å². The number of carboxylic acids is 1. The summed E-state index contributed by atoms with van der Waals surface area (Å²) in [5.41, 5.74) is -0.737. The molecule has 1 fully saturated rings. The van der Waals surface area contributed by atoms with Gasteiger partial charge in [-0.25, -0.2) is 4.98 Å². The summed E-state index contributed by atoms with van der Waals surface area (Å²) in [7, 11) is 0. The molecule has 1 aromatic rings. The normalized spacial score (nSPS) is 19.7. The van der Waals surface area contributed by atoms with E-state index < -0.39 is 17.7 Å². The molecule has 1 N–H and O–H groups in total. The lowest BCUT2D eigenvalue weighted by Gasteiger charge is -2.18. The molecule has 0 spiro atoms. The molecular weight excluding hydrogens is 261 g/mol. The predicted octanol–water partition coefficient (Wildman–Crippen LogP) is 2.40. The molecule has 1 unspecified atom stereocenters. The molecule has 0 bridgehead atoms. The van der Waals surface area contributed by atoms with Crippen molar-refractivity contribution >= 4 is 11.8 Å². The SMILES string of the molecule is O=C(O)CC1CCN(c2cc(C(F)(F)F)ccn2)C1. The molecule has 0 aromatic carbocycles. The van der Waals surface area contributed by atoms with E-state index in [1.54, 1.807) is 4.90 Å². The largest absolute Gasteiger partial charge is 0.481 e. The van der Waals surface area contributed by atoms with Crippen LogP contribution in [0, 0.1) is 5.92 Å². The molecule has 1 aromatic heterocycles. The van der Waals surface area contributed by atoms with E-state index >= 15 is 0 Å². The number of hydrogen-bond acceptors (Lipinski definition) is 3. The molecule has 1 atom stereocenters. The second-order valence-corrected chi connectivity index (χ2v) is 4.60. The molecule has 7 heteroatoms. The Morgan fingerprint density at radius 1 is 1.53 bits per heavy atom. The molecule has 0 amide bonds. The zero-order chi connectivity index (χ0) is 14.0. The first-order valence-electron chi connectivity index (χ1n) is 5.86. The molecule has 1 saturated heterocycles. The van der Waals surface area contributed by atoms with Gasteiger partial charge in [-0.15, -0.1) is 0 Å². The van der Waals surface area contributed by atoms with Gasteiger partial charge in [-0.05, 0) is 24.5 Å². The molecule has 104 valence electrons. The molecule has 0 saturated carbocycles. The highest BCUT2D eigenvalue weighted by molar-refractivity contribution is 5.67. The highest BCUT2D eigenvalue weighted by Gasteiger charge is 2.32. The minimum absolute atomic E-state index is 0.0335. The average Bonchev–Trinajstić information content (AvgIpc) is 2.76. The average molecular weight is 274 g/mol. The van der Waals surface area contributed by atoms with E-state index in [-0.39, 0.29) is 18.2 Å². The van der Waals surface area contributed by atoms with E-state index in [0.29, 0.717) is 19.5 Å². The van der Waals surface area contributed by atoms with E-state index in [4.69, 9.17) is 5.11 Å². The van der Waals surface area contributed by atoms with Crippen LogP contribution in [-0.2, 0) is 11.0 Å². The number of rotatable bonds is 3. The first-order valence-corrected chi connectivity index (χ1v) is 5.86. The molecule has 1 aliphatic rings. The first kappa shape index (κ1) is 13.6. The van der Waals surface area contributed by atoms with Crippen molar-refractivity contribution < 1.29 is 23.1 Å². The quantitative estimate of drug-likeness (QED) is 0.919. The van der Waals surface area contributed by atoms with E-state index in [0.717, 1.165) is 18.3 Å². The number of aliphatic carboxylic acids is 1. The Kier molecular flexibility index (Phi) is 3.64. The molecule has 19 heavy (non-hydrogen) atoms. The fourth-order valence-electron chi connectivity index (χ4n) is 2.22. The zero-order valence-corrected chi connectivity index (χ0v) is 10.0. The van der Waals surface area contributed by atoms with Crippen LogP contribution < -0.4 is 4.90 Å². The van der Waals surface area contributed by atoms with E-state index in [9.17, 15) is 18.0 Å². The van der Waals surface area contributed by atoms with Crippen LogP contribution in [0.5, 0.6) is 0 Å². The van der Waals surface area contributed by atoms with Crippen LogP contribution in [-0.4, -0.2) is 29.1 Å². The van der Waals surface area contributed by atoms with Crippen molar-refractivity contribution in [2.75, 3.05) is 18.0 Å². The van der Waals surface area contributed by atoms with Crippen LogP contribution in [0.1, 0.15) is 18.4 Å². The van der Waals surface area contributed by atoms with Gasteiger partial charge in [0, 0.05) is 25.7 Å². The van der Waals surface area contributed by atoms with E-state index in [1.165, 1.54) is 0 Å². The lowest BCUT2D eigenvalue weighted by Crippen LogP contribution is -2.22. The maximum atomic E-state index is 12.6. The summed E-state index contributed by atoms with van der Waals surface area (Å²) in [6.45, 7) is 0.965. The third-order valence-electron chi connectivity index (χ3n) is 3.15. The van der Waals surface area contributed by atoms with Gasteiger partial charge in [-0.1, -0.05) is 0 Å². The van der Waals surface area contributed by atoms with Crippen LogP contribution in [0.2, 0.25) is 0 Å². The molecular formula is C12H13F3N2O2. The van der Waals surface area contributed by atoms with Crippen molar-refractivity contribution in [3.63, 3.8) is 0 Å². The summed E-state index contributed by atoms with van der Waals surface area (Å²) in [5.74, 6) is -0.666. The maximum absolute atomic E-state index is 12.6. The van der Waals surface area contributed by atoms with Crippen molar-refractivity contribution in [1.82, 2.24) is 4.98 Å². The molecule has 1 aliphatic heterocycles. The summed E-state index contributed by atoms with van der Waals surface area (Å²) in [6.07, 6.45) is -2.57. The topological polar surface area (TPSA) is 53.4 Å². The number of pyridine rings is 1. The summed E-state index contributed by atoms with van der Waals surface area (Å²) in [6, 6.07) is 1.93. The van der Waals surface area contributed by atoms with Crippen molar-refractivity contribution in [3.05, 3.63) is 23.9 Å². The number of aromatic nitrogens is 1. The fourth-order valence-corrected chi connectivity index (χ4v) is 2.22. The van der Waals surface area contributed by atoms with Crippen molar-refractivity contribution in [2.45, 2.75) is 19.0 Å². The number of hydrogen-bond donors (Lipinski definition) is 1. The number of nitrogens with zero attached hydrogens (tertiary/aromatic N) is 2. The monoisotopic (exact) mass is 274 g/mol. The Morgan fingerprint density at radius 2 is 2.26 bits per heavy atom. The Morgan fingerprint density at radius 3 is 2.89 bits per heavy atom. The second kappa shape index (κ2) is 5.07. The molecule has 2 rings (SSSR count). The van der Waals surface area contributed by atoms with Gasteiger partial charge in [0.25, 0.3) is 0 Å². The van der Waals surface area contributed by atoms with Gasteiger partial charge in [0.2, 0.25) is 0 Å². The van der Waals surface area contributed by atoms with E-state index in [2.05, 4.69) is 4.98 Å². The summed E-state index contributed by atoms with van der Waals surface area (Å²) in [4.78, 5) is 16.2. The summed E-state index contributed by atoms with van der Waals surface area (Å²) >= 11 is 0. The minimum atomic E-state index is -4.39. The smallest absolute Gasteiger partial charge is 0.416 e. The summed E-state index contributed by atoms with van der Waals surface area (Å²) in [5, 5.41) is 8.70. The van der Waals surface area contributed by atoms with Gasteiger partial charge < -0.3 is 10.0 Å². The van der Waals surface area contributed by atoms with Crippen LogP contribution in [0.15, 0.2) is 18.3 Å². The zero-order valence-electron chi connectivity index (χ0n) is 10.0. The number of carboxylic acid groups (broad SMARTS) is 1. The van der Waals surface area contributed by atoms with Crippen LogP contribution in [0.3, 0.4) is 0 Å². The summed E-state index contributed by atoms with van der Waals surface area (Å²) < 4.78 is 37.7. The molecule has 4 nitrogen and oxygen atoms in total. The number of halogens is 3. The third-order valence-corrected chi connectivity index (χ3v) is 3.15. The second-order valence-electron chi connectivity index (χ2n) is 4.60.